The van der Waals surface area contributed by atoms with E-state index in [1.807, 2.05) is 0 Å². The van der Waals surface area contributed by atoms with E-state index in [0.717, 1.165) is 0 Å². The molecule has 0 aromatic heterocycles. The van der Waals surface area contributed by atoms with Crippen LogP contribution in [-0.2, 0) is 30.8 Å². The molecule has 2 atom stereocenters. The van der Waals surface area contributed by atoms with Crippen LogP contribution in [0.3, 0.4) is 0 Å². The highest BCUT2D eigenvalue weighted by molar-refractivity contribution is 7.89. The number of hydrogen-bond donors (Lipinski definition) is 1. The second kappa shape index (κ2) is 9.19. The minimum atomic E-state index is -3.70. The van der Waals surface area contributed by atoms with Crippen molar-refractivity contribution in [2.24, 2.45) is 0 Å². The van der Waals surface area contributed by atoms with Crippen LogP contribution in [0.15, 0.2) is 24.3 Å². The quantitative estimate of drug-likeness (QED) is 0.668. The van der Waals surface area contributed by atoms with Crippen LogP contribution in [0, 0.1) is 5.82 Å². The fraction of sp³-hybridized carbons (Fsp3) is 0.579. The summed E-state index contributed by atoms with van der Waals surface area (Å²) in [4.78, 5) is 28.4. The summed E-state index contributed by atoms with van der Waals surface area (Å²) in [5, 5.41) is 0. The van der Waals surface area contributed by atoms with Gasteiger partial charge in [-0.15, -0.1) is 0 Å². The van der Waals surface area contributed by atoms with E-state index in [0.29, 0.717) is 44.8 Å². The van der Waals surface area contributed by atoms with E-state index in [1.165, 1.54) is 29.2 Å². The molecule has 10 heteroatoms. The first-order chi connectivity index (χ1) is 13.8. The molecule has 1 N–H and O–H groups in total. The lowest BCUT2D eigenvalue weighted by Crippen LogP contribution is -2.52. The van der Waals surface area contributed by atoms with Gasteiger partial charge >= 0.3 is 0 Å². The van der Waals surface area contributed by atoms with Crippen molar-refractivity contribution >= 4 is 21.8 Å². The number of amides is 2. The largest absolute Gasteiger partial charge is 0.378 e. The maximum Gasteiger partial charge on any atom is 0.245 e. The number of carbonyl (C=O) groups excluding carboxylic acids is 2. The number of halogens is 1. The van der Waals surface area contributed by atoms with Gasteiger partial charge in [0.25, 0.3) is 0 Å². The summed E-state index contributed by atoms with van der Waals surface area (Å²) in [5.41, 5.74) is 0.695. The van der Waals surface area contributed by atoms with Crippen molar-refractivity contribution in [3.63, 3.8) is 0 Å². The zero-order chi connectivity index (χ0) is 21.0. The van der Waals surface area contributed by atoms with Gasteiger partial charge in [0.1, 0.15) is 17.9 Å². The molecule has 0 radical (unpaired) electrons. The molecule has 8 nitrogen and oxygen atoms in total. The fourth-order valence-corrected chi connectivity index (χ4v) is 4.83. The van der Waals surface area contributed by atoms with Crippen molar-refractivity contribution in [1.29, 1.82) is 0 Å². The predicted octanol–water partition coefficient (Wildman–Crippen LogP) is 0.136. The molecule has 2 amide bonds. The summed E-state index contributed by atoms with van der Waals surface area (Å²) >= 11 is 0. The van der Waals surface area contributed by atoms with E-state index in [4.69, 9.17) is 4.74 Å². The summed E-state index contributed by atoms with van der Waals surface area (Å²) in [7, 11) is -3.70. The van der Waals surface area contributed by atoms with Gasteiger partial charge in [-0.05, 0) is 37.5 Å². The first-order valence-corrected chi connectivity index (χ1v) is 11.3. The Bertz CT molecular complexity index is 840. The maximum absolute atomic E-state index is 12.9. The summed E-state index contributed by atoms with van der Waals surface area (Å²) in [5.74, 6) is -1.12. The lowest BCUT2D eigenvalue weighted by Gasteiger charge is -2.32. The predicted molar refractivity (Wildman–Crippen MR) is 104 cm³/mol. The second-order valence-electron chi connectivity index (χ2n) is 7.30. The van der Waals surface area contributed by atoms with E-state index in [1.54, 1.807) is 11.8 Å². The number of carbonyl (C=O) groups is 2. The summed E-state index contributed by atoms with van der Waals surface area (Å²) in [6.07, 6.45) is 0.529. The fourth-order valence-electron chi connectivity index (χ4n) is 3.56. The first-order valence-electron chi connectivity index (χ1n) is 9.68. The number of benzene rings is 1. The Balaban J connectivity index is 1.54. The number of nitrogens with zero attached hydrogens (tertiary/aromatic N) is 2. The van der Waals surface area contributed by atoms with Gasteiger partial charge in [-0.2, -0.15) is 0 Å². The van der Waals surface area contributed by atoms with Crippen LogP contribution in [0.1, 0.15) is 18.9 Å². The van der Waals surface area contributed by atoms with E-state index < -0.39 is 22.1 Å². The summed E-state index contributed by atoms with van der Waals surface area (Å²) in [6, 6.07) is 4.11. The second-order valence-corrected chi connectivity index (χ2v) is 9.17. The third-order valence-corrected chi connectivity index (χ3v) is 6.67. The third-order valence-electron chi connectivity index (χ3n) is 5.28. The topological polar surface area (TPSA) is 96.0 Å². The number of likely N-dealkylation sites (tertiary alicyclic amines) is 1. The van der Waals surface area contributed by atoms with Crippen LogP contribution < -0.4 is 4.72 Å². The van der Waals surface area contributed by atoms with Gasteiger partial charge < -0.3 is 14.5 Å². The van der Waals surface area contributed by atoms with E-state index in [9.17, 15) is 22.4 Å². The number of nitrogens with one attached hydrogen (secondary N) is 1. The molecule has 1 aromatic rings. The van der Waals surface area contributed by atoms with Crippen molar-refractivity contribution in [3.05, 3.63) is 35.6 Å². The molecule has 1 aromatic carbocycles. The normalized spacial score (nSPS) is 21.4. The molecule has 0 spiro atoms. The number of rotatable bonds is 7. The minimum absolute atomic E-state index is 0.151. The zero-order valence-corrected chi connectivity index (χ0v) is 17.2. The highest BCUT2D eigenvalue weighted by Gasteiger charge is 2.39. The van der Waals surface area contributed by atoms with Crippen LogP contribution in [0.25, 0.3) is 0 Å². The third kappa shape index (κ3) is 5.52. The molecule has 0 aliphatic carbocycles. The highest BCUT2D eigenvalue weighted by atomic mass is 32.2. The van der Waals surface area contributed by atoms with Crippen LogP contribution >= 0.6 is 0 Å². The van der Waals surface area contributed by atoms with Crippen molar-refractivity contribution in [2.75, 3.05) is 38.6 Å². The number of morpholine rings is 1. The van der Waals surface area contributed by atoms with Crippen molar-refractivity contribution in [2.45, 2.75) is 31.8 Å². The molecular formula is C19H26FN3O5S. The first kappa shape index (κ1) is 21.7. The van der Waals surface area contributed by atoms with Gasteiger partial charge in [0, 0.05) is 19.6 Å². The monoisotopic (exact) mass is 427 g/mol. The van der Waals surface area contributed by atoms with Crippen molar-refractivity contribution in [3.8, 4) is 0 Å². The molecule has 2 aliphatic heterocycles. The summed E-state index contributed by atoms with van der Waals surface area (Å²) in [6.45, 7) is 3.92. The number of ether oxygens (including phenoxy) is 1. The molecule has 3 rings (SSSR count). The Morgan fingerprint density at radius 1 is 1.24 bits per heavy atom. The Hall–Kier alpha value is -2.04. The Morgan fingerprint density at radius 3 is 2.55 bits per heavy atom. The molecule has 2 fully saturated rings. The molecule has 2 aliphatic rings. The Morgan fingerprint density at radius 2 is 1.90 bits per heavy atom. The van der Waals surface area contributed by atoms with Gasteiger partial charge in [-0.3, -0.25) is 9.59 Å². The Labute approximate surface area is 170 Å². The average molecular weight is 427 g/mol. The number of sulfonamides is 1. The van der Waals surface area contributed by atoms with Gasteiger partial charge in [-0.1, -0.05) is 12.1 Å². The highest BCUT2D eigenvalue weighted by Crippen LogP contribution is 2.18. The summed E-state index contributed by atoms with van der Waals surface area (Å²) < 4.78 is 45.4. The zero-order valence-electron chi connectivity index (χ0n) is 16.3. The lowest BCUT2D eigenvalue weighted by molar-refractivity contribution is -0.146. The van der Waals surface area contributed by atoms with Gasteiger partial charge in [-0.25, -0.2) is 17.5 Å². The standard InChI is InChI=1S/C19H26FN3O5S/c1-14(18(24)22-9-11-28-12-10-22)23-8-6-17(19(23)25)21-29(26,27)13-7-15-2-4-16(20)5-3-15/h2-5,14,17,21H,6-13H2,1H3/t14-,17?/m0/s1. The van der Waals surface area contributed by atoms with Gasteiger partial charge in [0.15, 0.2) is 0 Å². The maximum atomic E-state index is 12.9. The van der Waals surface area contributed by atoms with Crippen LogP contribution in [0.4, 0.5) is 4.39 Å². The molecule has 29 heavy (non-hydrogen) atoms. The van der Waals surface area contributed by atoms with Crippen molar-refractivity contribution in [1.82, 2.24) is 14.5 Å². The smallest absolute Gasteiger partial charge is 0.245 e. The molecule has 160 valence electrons. The number of hydrogen-bond acceptors (Lipinski definition) is 5. The average Bonchev–Trinajstić information content (AvgIpc) is 3.06. The molecule has 0 saturated carbocycles. The van der Waals surface area contributed by atoms with Gasteiger partial charge in [0.2, 0.25) is 21.8 Å². The van der Waals surface area contributed by atoms with Gasteiger partial charge in [0.05, 0.1) is 19.0 Å². The van der Waals surface area contributed by atoms with E-state index >= 15 is 0 Å². The molecular weight excluding hydrogens is 401 g/mol. The van der Waals surface area contributed by atoms with Crippen molar-refractivity contribution < 1.29 is 27.1 Å². The molecule has 0 bridgehead atoms. The van der Waals surface area contributed by atoms with Crippen LogP contribution in [0.5, 0.6) is 0 Å². The molecule has 2 saturated heterocycles. The van der Waals surface area contributed by atoms with E-state index in [2.05, 4.69) is 4.72 Å². The Kier molecular flexibility index (Phi) is 6.86. The number of aryl methyl sites for hydroxylation is 1. The molecule has 1 unspecified atom stereocenters. The van der Waals surface area contributed by atoms with E-state index in [-0.39, 0.29) is 29.8 Å². The van der Waals surface area contributed by atoms with Crippen LogP contribution in [-0.4, -0.2) is 80.7 Å². The lowest BCUT2D eigenvalue weighted by atomic mass is 10.2. The minimum Gasteiger partial charge on any atom is -0.378 e. The SMILES string of the molecule is C[C@@H](C(=O)N1CCOCC1)N1CCC(NS(=O)(=O)CCc2ccc(F)cc2)C1=O. The van der Waals surface area contributed by atoms with Crippen LogP contribution in [0.2, 0.25) is 0 Å². The molecule has 2 heterocycles.